The Morgan fingerprint density at radius 2 is 2.24 bits per heavy atom. The van der Waals surface area contributed by atoms with E-state index >= 15 is 0 Å². The van der Waals surface area contributed by atoms with Crippen molar-refractivity contribution in [1.82, 2.24) is 0 Å². The average molecular weight is 252 g/mol. The van der Waals surface area contributed by atoms with E-state index in [1.807, 2.05) is 24.3 Å². The number of primary amides is 1. The molecular formula is C11H12N2O3S. The number of likely N-dealkylation sites (N-methyl/N-ethyl adjacent to an activating group) is 1. The Morgan fingerprint density at radius 3 is 2.94 bits per heavy atom. The van der Waals surface area contributed by atoms with E-state index in [1.54, 1.807) is 7.05 Å². The normalized spacial score (nSPS) is 19.5. The summed E-state index contributed by atoms with van der Waals surface area (Å²) >= 11 is 1.47. The number of thioether (sulfide) groups is 1. The molecule has 5 nitrogen and oxygen atoms in total. The van der Waals surface area contributed by atoms with Gasteiger partial charge in [-0.3, -0.25) is 4.79 Å². The van der Waals surface area contributed by atoms with Gasteiger partial charge in [-0.2, -0.15) is 0 Å². The van der Waals surface area contributed by atoms with Crippen molar-refractivity contribution in [3.63, 3.8) is 0 Å². The zero-order valence-corrected chi connectivity index (χ0v) is 10.1. The van der Waals surface area contributed by atoms with E-state index in [0.29, 0.717) is 5.75 Å². The van der Waals surface area contributed by atoms with Crippen LogP contribution in [0.3, 0.4) is 0 Å². The first kappa shape index (κ1) is 11.8. The maximum atomic E-state index is 12.0. The summed E-state index contributed by atoms with van der Waals surface area (Å²) < 4.78 is 4.81. The Kier molecular flexibility index (Phi) is 3.23. The van der Waals surface area contributed by atoms with Crippen LogP contribution in [0.5, 0.6) is 0 Å². The number of hydrogen-bond donors (Lipinski definition) is 1. The summed E-state index contributed by atoms with van der Waals surface area (Å²) in [5.74, 6) is 0.115. The molecule has 17 heavy (non-hydrogen) atoms. The highest BCUT2D eigenvalue weighted by Crippen LogP contribution is 2.33. The second-order valence-corrected chi connectivity index (χ2v) is 4.66. The van der Waals surface area contributed by atoms with E-state index in [-0.39, 0.29) is 5.91 Å². The molecule has 0 aromatic heterocycles. The van der Waals surface area contributed by atoms with Crippen molar-refractivity contribution in [3.8, 4) is 0 Å². The largest absolute Gasteiger partial charge is 0.435 e. The van der Waals surface area contributed by atoms with E-state index in [1.165, 1.54) is 16.7 Å². The third-order valence-corrected chi connectivity index (χ3v) is 3.61. The predicted octanol–water partition coefficient (Wildman–Crippen LogP) is 1.22. The molecule has 1 aliphatic rings. The van der Waals surface area contributed by atoms with Gasteiger partial charge in [0.1, 0.15) is 0 Å². The number of para-hydroxylation sites is 1. The maximum Gasteiger partial charge on any atom is 0.405 e. The molecule has 1 aromatic carbocycles. The monoisotopic (exact) mass is 252 g/mol. The summed E-state index contributed by atoms with van der Waals surface area (Å²) in [5, 5.41) is 0. The molecule has 1 aromatic rings. The fraction of sp³-hybridized carbons (Fsp3) is 0.273. The number of anilines is 1. The van der Waals surface area contributed by atoms with Gasteiger partial charge in [0.05, 0.1) is 5.69 Å². The highest BCUT2D eigenvalue weighted by molar-refractivity contribution is 7.99. The van der Waals surface area contributed by atoms with Gasteiger partial charge in [-0.1, -0.05) is 12.1 Å². The number of hydrogen-bond acceptors (Lipinski definition) is 4. The molecule has 1 unspecified atom stereocenters. The van der Waals surface area contributed by atoms with E-state index < -0.39 is 12.2 Å². The zero-order valence-electron chi connectivity index (χ0n) is 9.25. The van der Waals surface area contributed by atoms with Gasteiger partial charge in [-0.15, -0.1) is 11.8 Å². The van der Waals surface area contributed by atoms with Crippen molar-refractivity contribution in [2.24, 2.45) is 5.73 Å². The predicted molar refractivity (Wildman–Crippen MR) is 65.0 cm³/mol. The summed E-state index contributed by atoms with van der Waals surface area (Å²) in [7, 11) is 1.66. The minimum Gasteiger partial charge on any atom is -0.435 e. The Balaban J connectivity index is 2.29. The first-order valence-corrected chi connectivity index (χ1v) is 6.03. The van der Waals surface area contributed by atoms with Crippen LogP contribution in [0.1, 0.15) is 0 Å². The van der Waals surface area contributed by atoms with Crippen molar-refractivity contribution < 1.29 is 14.3 Å². The topological polar surface area (TPSA) is 72.6 Å². The molecule has 2 N–H and O–H groups in total. The molecule has 0 spiro atoms. The quantitative estimate of drug-likeness (QED) is 0.815. The van der Waals surface area contributed by atoms with Gasteiger partial charge in [0.25, 0.3) is 5.91 Å². The van der Waals surface area contributed by atoms with Crippen LogP contribution in [0.4, 0.5) is 10.5 Å². The first-order valence-electron chi connectivity index (χ1n) is 5.05. The van der Waals surface area contributed by atoms with Crippen LogP contribution in [0.15, 0.2) is 29.2 Å². The summed E-state index contributed by atoms with van der Waals surface area (Å²) in [6.07, 6.45) is -1.75. The number of carbonyl (C=O) groups is 2. The van der Waals surface area contributed by atoms with E-state index in [2.05, 4.69) is 0 Å². The number of amides is 2. The highest BCUT2D eigenvalue weighted by atomic mass is 32.2. The van der Waals surface area contributed by atoms with Crippen molar-refractivity contribution in [2.45, 2.75) is 11.0 Å². The van der Waals surface area contributed by atoms with E-state index in [0.717, 1.165) is 10.6 Å². The van der Waals surface area contributed by atoms with Gasteiger partial charge in [-0.25, -0.2) is 4.79 Å². The Labute approximate surface area is 103 Å². The van der Waals surface area contributed by atoms with Crippen molar-refractivity contribution in [1.29, 1.82) is 0 Å². The van der Waals surface area contributed by atoms with Gasteiger partial charge < -0.3 is 15.4 Å². The Bertz CT molecular complexity index is 464. The molecule has 0 radical (unpaired) electrons. The number of benzene rings is 1. The summed E-state index contributed by atoms with van der Waals surface area (Å²) in [4.78, 5) is 25.2. The van der Waals surface area contributed by atoms with Gasteiger partial charge in [0.2, 0.25) is 0 Å². The van der Waals surface area contributed by atoms with Gasteiger partial charge in [0.15, 0.2) is 6.10 Å². The number of fused-ring (bicyclic) bond motifs is 1. The summed E-state index contributed by atoms with van der Waals surface area (Å²) in [5.41, 5.74) is 5.76. The molecule has 1 aliphatic heterocycles. The molecule has 1 atom stereocenters. The maximum absolute atomic E-state index is 12.0. The third kappa shape index (κ3) is 2.36. The SMILES string of the molecule is CN1C(=O)C(OC(N)=O)CSc2ccccc21. The van der Waals surface area contributed by atoms with E-state index in [9.17, 15) is 9.59 Å². The van der Waals surface area contributed by atoms with Gasteiger partial charge in [0, 0.05) is 17.7 Å². The molecule has 0 bridgehead atoms. The van der Waals surface area contributed by atoms with Crippen LogP contribution in [0.25, 0.3) is 0 Å². The van der Waals surface area contributed by atoms with Crippen LogP contribution in [0, 0.1) is 0 Å². The molecule has 0 aliphatic carbocycles. The molecular weight excluding hydrogens is 240 g/mol. The Hall–Kier alpha value is -1.69. The van der Waals surface area contributed by atoms with Crippen LogP contribution >= 0.6 is 11.8 Å². The second-order valence-electron chi connectivity index (χ2n) is 3.60. The van der Waals surface area contributed by atoms with E-state index in [4.69, 9.17) is 10.5 Å². The highest BCUT2D eigenvalue weighted by Gasteiger charge is 2.30. The minimum atomic E-state index is -0.927. The molecule has 0 saturated carbocycles. The lowest BCUT2D eigenvalue weighted by Crippen LogP contribution is -2.40. The molecule has 6 heteroatoms. The molecule has 2 amide bonds. The molecule has 90 valence electrons. The lowest BCUT2D eigenvalue weighted by molar-refractivity contribution is -0.125. The zero-order chi connectivity index (χ0) is 12.4. The molecule has 0 saturated heterocycles. The first-order chi connectivity index (χ1) is 8.09. The standard InChI is InChI=1S/C11H12N2O3S/c1-13-7-4-2-3-5-9(7)17-6-8(10(13)14)16-11(12)15/h2-5,8H,6H2,1H3,(H2,12,15). The number of ether oxygens (including phenoxy) is 1. The van der Waals surface area contributed by atoms with Gasteiger partial charge in [-0.05, 0) is 12.1 Å². The van der Waals surface area contributed by atoms with Crippen LogP contribution in [-0.4, -0.2) is 30.9 Å². The van der Waals surface area contributed by atoms with Gasteiger partial charge >= 0.3 is 6.09 Å². The number of carbonyl (C=O) groups excluding carboxylic acids is 2. The third-order valence-electron chi connectivity index (χ3n) is 2.48. The van der Waals surface area contributed by atoms with Crippen LogP contribution < -0.4 is 10.6 Å². The lowest BCUT2D eigenvalue weighted by Gasteiger charge is -2.20. The summed E-state index contributed by atoms with van der Waals surface area (Å²) in [6, 6.07) is 7.54. The smallest absolute Gasteiger partial charge is 0.405 e. The van der Waals surface area contributed by atoms with Crippen molar-refractivity contribution in [2.75, 3.05) is 17.7 Å². The van der Waals surface area contributed by atoms with Crippen molar-refractivity contribution >= 4 is 29.4 Å². The fourth-order valence-corrected chi connectivity index (χ4v) is 2.72. The van der Waals surface area contributed by atoms with Crippen molar-refractivity contribution in [3.05, 3.63) is 24.3 Å². The van der Waals surface area contributed by atoms with Crippen LogP contribution in [-0.2, 0) is 9.53 Å². The number of nitrogens with zero attached hydrogens (tertiary/aromatic N) is 1. The lowest BCUT2D eigenvalue weighted by atomic mass is 10.2. The molecule has 0 fully saturated rings. The fourth-order valence-electron chi connectivity index (χ4n) is 1.65. The second kappa shape index (κ2) is 4.67. The number of nitrogens with two attached hydrogens (primary N) is 1. The summed E-state index contributed by atoms with van der Waals surface area (Å²) in [6.45, 7) is 0. The number of rotatable bonds is 1. The molecule has 1 heterocycles. The molecule has 2 rings (SSSR count). The minimum absolute atomic E-state index is 0.263. The Morgan fingerprint density at radius 1 is 1.53 bits per heavy atom. The average Bonchev–Trinajstić information content (AvgIpc) is 2.42. The van der Waals surface area contributed by atoms with Crippen LogP contribution in [0.2, 0.25) is 0 Å².